The average molecular weight is 386 g/mol. The summed E-state index contributed by atoms with van der Waals surface area (Å²) in [5.41, 5.74) is 1.19. The number of halogens is 1. The highest BCUT2D eigenvalue weighted by molar-refractivity contribution is 7.98. The van der Waals surface area contributed by atoms with Gasteiger partial charge in [-0.3, -0.25) is 0 Å². The molecule has 0 aliphatic carbocycles. The van der Waals surface area contributed by atoms with Crippen LogP contribution in [0.15, 0.2) is 46.0 Å². The molecule has 26 heavy (non-hydrogen) atoms. The van der Waals surface area contributed by atoms with Crippen molar-refractivity contribution in [3.63, 3.8) is 0 Å². The number of hydrogen-bond donors (Lipinski definition) is 0. The van der Waals surface area contributed by atoms with Gasteiger partial charge in [0.1, 0.15) is 0 Å². The monoisotopic (exact) mass is 385 g/mol. The molecule has 0 amide bonds. The minimum absolute atomic E-state index is 0.662. The standard InChI is InChI=1S/C20H20ClN3OS/c1-3-4-5-6-7-17-12-13-18(25-17)19-22-23-20(24(19)2)26-14-15-8-10-16(21)11-9-15/h8-13H,3-5,14H2,1-2H3. The third kappa shape index (κ3) is 4.72. The lowest BCUT2D eigenvalue weighted by molar-refractivity contribution is 0.560. The fourth-order valence-corrected chi connectivity index (χ4v) is 3.32. The molecule has 6 heteroatoms. The van der Waals surface area contributed by atoms with E-state index in [1.165, 1.54) is 5.56 Å². The molecule has 3 aromatic rings. The molecule has 0 N–H and O–H groups in total. The Bertz CT molecular complexity index is 919. The second kappa shape index (κ2) is 8.98. The summed E-state index contributed by atoms with van der Waals surface area (Å²) in [7, 11) is 1.94. The van der Waals surface area contributed by atoms with Crippen LogP contribution in [0.5, 0.6) is 0 Å². The third-order valence-corrected chi connectivity index (χ3v) is 5.15. The minimum atomic E-state index is 0.662. The molecule has 134 valence electrons. The third-order valence-electron chi connectivity index (χ3n) is 3.81. The van der Waals surface area contributed by atoms with Gasteiger partial charge in [-0.25, -0.2) is 0 Å². The van der Waals surface area contributed by atoms with Crippen molar-refractivity contribution in [2.45, 2.75) is 37.1 Å². The maximum Gasteiger partial charge on any atom is 0.200 e. The Hall–Kier alpha value is -2.16. The first-order valence-electron chi connectivity index (χ1n) is 8.53. The molecule has 0 aliphatic rings. The number of hydrogen-bond acceptors (Lipinski definition) is 4. The molecule has 0 fully saturated rings. The van der Waals surface area contributed by atoms with Crippen LogP contribution in [0.1, 0.15) is 37.5 Å². The van der Waals surface area contributed by atoms with Crippen LogP contribution < -0.4 is 0 Å². The number of aromatic nitrogens is 3. The first-order valence-corrected chi connectivity index (χ1v) is 9.89. The van der Waals surface area contributed by atoms with Gasteiger partial charge in [0.15, 0.2) is 22.5 Å². The maximum atomic E-state index is 5.92. The summed E-state index contributed by atoms with van der Waals surface area (Å²) in [5, 5.41) is 10.1. The Morgan fingerprint density at radius 2 is 1.96 bits per heavy atom. The van der Waals surface area contributed by atoms with E-state index < -0.39 is 0 Å². The van der Waals surface area contributed by atoms with Gasteiger partial charge in [-0.1, -0.05) is 54.8 Å². The highest BCUT2D eigenvalue weighted by atomic mass is 35.5. The van der Waals surface area contributed by atoms with Crippen molar-refractivity contribution in [3.8, 4) is 23.4 Å². The van der Waals surface area contributed by atoms with Crippen molar-refractivity contribution in [2.24, 2.45) is 7.05 Å². The van der Waals surface area contributed by atoms with Crippen molar-refractivity contribution < 1.29 is 4.42 Å². The Kier molecular flexibility index (Phi) is 6.43. The molecule has 0 bridgehead atoms. The van der Waals surface area contributed by atoms with E-state index in [0.29, 0.717) is 17.3 Å². The molecule has 2 aromatic heterocycles. The molecule has 0 spiro atoms. The number of nitrogens with zero attached hydrogens (tertiary/aromatic N) is 3. The van der Waals surface area contributed by atoms with E-state index in [-0.39, 0.29) is 0 Å². The van der Waals surface area contributed by atoms with Gasteiger partial charge in [-0.05, 0) is 42.2 Å². The van der Waals surface area contributed by atoms with E-state index in [4.69, 9.17) is 16.0 Å². The van der Waals surface area contributed by atoms with Gasteiger partial charge in [0.25, 0.3) is 0 Å². The van der Waals surface area contributed by atoms with Crippen molar-refractivity contribution >= 4 is 23.4 Å². The molecule has 1 aromatic carbocycles. The van der Waals surface area contributed by atoms with Crippen LogP contribution in [0, 0.1) is 11.8 Å². The van der Waals surface area contributed by atoms with Gasteiger partial charge in [-0.2, -0.15) is 0 Å². The second-order valence-electron chi connectivity index (χ2n) is 5.85. The van der Waals surface area contributed by atoms with Gasteiger partial charge in [0, 0.05) is 24.2 Å². The van der Waals surface area contributed by atoms with Gasteiger partial charge in [0.2, 0.25) is 0 Å². The van der Waals surface area contributed by atoms with Crippen LogP contribution in [0.25, 0.3) is 11.6 Å². The van der Waals surface area contributed by atoms with Gasteiger partial charge < -0.3 is 8.98 Å². The van der Waals surface area contributed by atoms with E-state index in [2.05, 4.69) is 29.0 Å². The fourth-order valence-electron chi connectivity index (χ4n) is 2.32. The van der Waals surface area contributed by atoms with Crippen molar-refractivity contribution in [2.75, 3.05) is 0 Å². The maximum absolute atomic E-state index is 5.92. The first kappa shape index (κ1) is 18.6. The molecule has 4 nitrogen and oxygen atoms in total. The lowest BCUT2D eigenvalue weighted by Gasteiger charge is -2.03. The predicted octanol–water partition coefficient (Wildman–Crippen LogP) is 5.56. The first-order chi connectivity index (χ1) is 12.7. The van der Waals surface area contributed by atoms with Crippen LogP contribution >= 0.6 is 23.4 Å². The smallest absolute Gasteiger partial charge is 0.200 e. The summed E-state index contributed by atoms with van der Waals surface area (Å²) in [5.74, 6) is 9.03. The van der Waals surface area contributed by atoms with Crippen molar-refractivity contribution in [3.05, 3.63) is 52.7 Å². The largest absolute Gasteiger partial charge is 0.444 e. The highest BCUT2D eigenvalue weighted by Gasteiger charge is 2.14. The number of benzene rings is 1. The molecule has 0 saturated heterocycles. The lowest BCUT2D eigenvalue weighted by atomic mass is 10.2. The summed E-state index contributed by atoms with van der Waals surface area (Å²) in [6.45, 7) is 2.16. The summed E-state index contributed by atoms with van der Waals surface area (Å²) in [6, 6.07) is 11.6. The second-order valence-corrected chi connectivity index (χ2v) is 7.23. The predicted molar refractivity (Wildman–Crippen MR) is 106 cm³/mol. The zero-order chi connectivity index (χ0) is 18.4. The molecule has 3 rings (SSSR count). The molecular formula is C20H20ClN3OS. The summed E-state index contributed by atoms with van der Waals surface area (Å²) in [4.78, 5) is 0. The van der Waals surface area contributed by atoms with E-state index in [1.807, 2.05) is 48.0 Å². The van der Waals surface area contributed by atoms with Gasteiger partial charge >= 0.3 is 0 Å². The van der Waals surface area contributed by atoms with Crippen LogP contribution in [0.2, 0.25) is 5.02 Å². The minimum Gasteiger partial charge on any atom is -0.444 e. The highest BCUT2D eigenvalue weighted by Crippen LogP contribution is 2.26. The molecule has 0 unspecified atom stereocenters. The zero-order valence-corrected chi connectivity index (χ0v) is 16.4. The lowest BCUT2D eigenvalue weighted by Crippen LogP contribution is -1.94. The Morgan fingerprint density at radius 3 is 2.73 bits per heavy atom. The number of rotatable bonds is 6. The quantitative estimate of drug-likeness (QED) is 0.316. The summed E-state index contributed by atoms with van der Waals surface area (Å²) < 4.78 is 7.74. The Labute approximate surface area is 163 Å². The molecule has 0 atom stereocenters. The average Bonchev–Trinajstić information content (AvgIpc) is 3.25. The number of unbranched alkanes of at least 4 members (excludes halogenated alkanes) is 2. The fraction of sp³-hybridized carbons (Fsp3) is 0.300. The van der Waals surface area contributed by atoms with E-state index in [9.17, 15) is 0 Å². The van der Waals surface area contributed by atoms with Crippen LogP contribution in [-0.4, -0.2) is 14.8 Å². The Morgan fingerprint density at radius 1 is 1.15 bits per heavy atom. The van der Waals surface area contributed by atoms with Crippen LogP contribution in [-0.2, 0) is 12.8 Å². The van der Waals surface area contributed by atoms with Crippen LogP contribution in [0.4, 0.5) is 0 Å². The molecule has 2 heterocycles. The molecule has 0 radical (unpaired) electrons. The summed E-state index contributed by atoms with van der Waals surface area (Å²) in [6.07, 6.45) is 3.15. The van der Waals surface area contributed by atoms with Crippen molar-refractivity contribution in [1.82, 2.24) is 14.8 Å². The van der Waals surface area contributed by atoms with Crippen LogP contribution in [0.3, 0.4) is 0 Å². The van der Waals surface area contributed by atoms with E-state index >= 15 is 0 Å². The number of thioether (sulfide) groups is 1. The topological polar surface area (TPSA) is 43.9 Å². The zero-order valence-electron chi connectivity index (χ0n) is 14.8. The van der Waals surface area contributed by atoms with Gasteiger partial charge in [0.05, 0.1) is 0 Å². The van der Waals surface area contributed by atoms with E-state index in [1.54, 1.807) is 11.8 Å². The Balaban J connectivity index is 1.67. The van der Waals surface area contributed by atoms with E-state index in [0.717, 1.165) is 35.2 Å². The SMILES string of the molecule is CCCCC#Cc1ccc(-c2nnc(SCc3ccc(Cl)cc3)n2C)o1. The number of furan rings is 1. The molecule has 0 aliphatic heterocycles. The molecule has 0 saturated carbocycles. The molecular weight excluding hydrogens is 366 g/mol. The summed E-state index contributed by atoms with van der Waals surface area (Å²) >= 11 is 7.55. The van der Waals surface area contributed by atoms with Crippen molar-refractivity contribution in [1.29, 1.82) is 0 Å². The normalized spacial score (nSPS) is 10.6. The van der Waals surface area contributed by atoms with Gasteiger partial charge in [-0.15, -0.1) is 10.2 Å².